The zero-order chi connectivity index (χ0) is 31.9. The van der Waals surface area contributed by atoms with Crippen LogP contribution in [0.25, 0.3) is 21.5 Å². The van der Waals surface area contributed by atoms with Crippen LogP contribution in [0.4, 0.5) is 22.7 Å². The molecule has 1 aliphatic heterocycles. The summed E-state index contributed by atoms with van der Waals surface area (Å²) in [5, 5.41) is 20.9. The van der Waals surface area contributed by atoms with Crippen LogP contribution in [0.15, 0.2) is 182 Å². The Kier molecular flexibility index (Phi) is 7.47. The summed E-state index contributed by atoms with van der Waals surface area (Å²) in [5.74, 6) is 0. The molecule has 0 spiro atoms. The summed E-state index contributed by atoms with van der Waals surface area (Å²) in [4.78, 5) is 0. The standard InChI is InChI=1S/C44H32N2P2/c1-3-19-35(20-4-1)47-41-25-13-11-23-37(41)45-39-27-31-15-7-9-17-33(31)29-43(39)48(36-21-5-2-6-22-36)44-30-34-18-10-8-16-32(34)28-40(44)46-38-24-12-14-26-42(38)47/h1-30,45-46H. The molecule has 0 atom stereocenters. The van der Waals surface area contributed by atoms with E-state index in [-0.39, 0.29) is 0 Å². The Morgan fingerprint density at radius 2 is 0.604 bits per heavy atom. The van der Waals surface area contributed by atoms with Crippen molar-refractivity contribution < 1.29 is 0 Å². The number of para-hydroxylation sites is 2. The molecule has 0 amide bonds. The number of anilines is 4. The largest absolute Gasteiger partial charge is 0.354 e. The van der Waals surface area contributed by atoms with Gasteiger partial charge in [-0.25, -0.2) is 0 Å². The maximum absolute atomic E-state index is 4.06. The Morgan fingerprint density at radius 1 is 0.271 bits per heavy atom. The van der Waals surface area contributed by atoms with Crippen molar-refractivity contribution in [3.05, 3.63) is 182 Å². The second-order valence-electron chi connectivity index (χ2n) is 12.1. The van der Waals surface area contributed by atoms with E-state index in [4.69, 9.17) is 0 Å². The van der Waals surface area contributed by atoms with Crippen LogP contribution >= 0.6 is 15.8 Å². The molecule has 2 nitrogen and oxygen atoms in total. The minimum absolute atomic E-state index is 0.914. The summed E-state index contributed by atoms with van der Waals surface area (Å²) in [5.41, 5.74) is 4.57. The molecule has 8 aromatic carbocycles. The van der Waals surface area contributed by atoms with Gasteiger partial charge in [0.25, 0.3) is 0 Å². The predicted molar refractivity (Wildman–Crippen MR) is 212 cm³/mol. The first-order chi connectivity index (χ1) is 23.8. The minimum Gasteiger partial charge on any atom is -0.354 e. The lowest BCUT2D eigenvalue weighted by Gasteiger charge is -2.30. The molecular weight excluding hydrogens is 618 g/mol. The van der Waals surface area contributed by atoms with Crippen molar-refractivity contribution in [2.24, 2.45) is 0 Å². The van der Waals surface area contributed by atoms with Crippen LogP contribution in [-0.4, -0.2) is 0 Å². The van der Waals surface area contributed by atoms with Gasteiger partial charge >= 0.3 is 0 Å². The smallest absolute Gasteiger partial charge is 0.0475 e. The highest BCUT2D eigenvalue weighted by molar-refractivity contribution is 7.81. The van der Waals surface area contributed by atoms with Crippen LogP contribution in [-0.2, 0) is 0 Å². The van der Waals surface area contributed by atoms with E-state index in [1.165, 1.54) is 53.4 Å². The van der Waals surface area contributed by atoms with Crippen LogP contribution in [0, 0.1) is 0 Å². The highest BCUT2D eigenvalue weighted by Crippen LogP contribution is 2.45. The van der Waals surface area contributed by atoms with Crippen LogP contribution in [0.2, 0.25) is 0 Å². The van der Waals surface area contributed by atoms with Gasteiger partial charge < -0.3 is 10.6 Å². The van der Waals surface area contributed by atoms with Gasteiger partial charge in [0.2, 0.25) is 0 Å². The van der Waals surface area contributed by atoms with E-state index in [0.29, 0.717) is 0 Å². The van der Waals surface area contributed by atoms with Crippen molar-refractivity contribution >= 4 is 92.0 Å². The van der Waals surface area contributed by atoms with E-state index in [1.54, 1.807) is 0 Å². The fraction of sp³-hybridized carbons (Fsp3) is 0. The molecule has 4 heteroatoms. The summed E-state index contributed by atoms with van der Waals surface area (Å²) >= 11 is 0. The van der Waals surface area contributed by atoms with Crippen LogP contribution in [0.5, 0.6) is 0 Å². The van der Waals surface area contributed by atoms with Crippen molar-refractivity contribution in [2.45, 2.75) is 0 Å². The van der Waals surface area contributed by atoms with E-state index in [9.17, 15) is 0 Å². The number of nitrogens with one attached hydrogen (secondary N) is 2. The zero-order valence-corrected chi connectivity index (χ0v) is 28.0. The van der Waals surface area contributed by atoms with Crippen molar-refractivity contribution in [2.75, 3.05) is 10.6 Å². The zero-order valence-electron chi connectivity index (χ0n) is 26.2. The Morgan fingerprint density at radius 3 is 1.04 bits per heavy atom. The Labute approximate surface area is 283 Å². The highest BCUT2D eigenvalue weighted by atomic mass is 31.1. The molecule has 9 rings (SSSR count). The van der Waals surface area contributed by atoms with E-state index in [1.807, 2.05) is 0 Å². The molecule has 1 heterocycles. The van der Waals surface area contributed by atoms with Gasteiger partial charge in [0.15, 0.2) is 0 Å². The molecule has 0 aromatic heterocycles. The number of fused-ring (bicyclic) bond motifs is 6. The summed E-state index contributed by atoms with van der Waals surface area (Å²) < 4.78 is 0. The SMILES string of the molecule is c1ccc(P2c3ccccc3Nc3cc4ccccc4cc3P(c3ccccc3)c3cc4ccccc4cc3Nc3ccccc32)cc1. The fourth-order valence-corrected chi connectivity index (χ4v) is 11.9. The summed E-state index contributed by atoms with van der Waals surface area (Å²) in [6.07, 6.45) is 0. The van der Waals surface area contributed by atoms with Gasteiger partial charge in [-0.2, -0.15) is 0 Å². The fourth-order valence-electron chi connectivity index (χ4n) is 6.84. The third-order valence-corrected chi connectivity index (χ3v) is 14.1. The second-order valence-corrected chi connectivity index (χ2v) is 16.4. The molecule has 0 bridgehead atoms. The highest BCUT2D eigenvalue weighted by Gasteiger charge is 2.28. The average molecular weight is 651 g/mol. The van der Waals surface area contributed by atoms with Gasteiger partial charge in [0, 0.05) is 44.0 Å². The van der Waals surface area contributed by atoms with Crippen molar-refractivity contribution in [1.82, 2.24) is 0 Å². The molecule has 0 aliphatic carbocycles. The molecule has 2 N–H and O–H groups in total. The average Bonchev–Trinajstić information content (AvgIpc) is 3.14. The Bertz CT molecular complexity index is 2290. The lowest BCUT2D eigenvalue weighted by molar-refractivity contribution is 1.60. The predicted octanol–water partition coefficient (Wildman–Crippen LogP) is 9.31. The lowest BCUT2D eigenvalue weighted by Crippen LogP contribution is -2.28. The van der Waals surface area contributed by atoms with Crippen molar-refractivity contribution in [3.63, 3.8) is 0 Å². The first-order valence-corrected chi connectivity index (χ1v) is 19.0. The van der Waals surface area contributed by atoms with Crippen LogP contribution in [0.1, 0.15) is 0 Å². The summed E-state index contributed by atoms with van der Waals surface area (Å²) in [6, 6.07) is 66.9. The van der Waals surface area contributed by atoms with Crippen LogP contribution < -0.4 is 42.5 Å². The number of rotatable bonds is 2. The Hall–Kier alpha value is -5.26. The third kappa shape index (κ3) is 5.25. The number of hydrogen-bond donors (Lipinski definition) is 2. The molecule has 48 heavy (non-hydrogen) atoms. The molecule has 0 fully saturated rings. The van der Waals surface area contributed by atoms with Gasteiger partial charge in [0.1, 0.15) is 0 Å². The summed E-state index contributed by atoms with van der Waals surface area (Å²) in [7, 11) is -1.91. The normalized spacial score (nSPS) is 15.4. The van der Waals surface area contributed by atoms with Gasteiger partial charge in [-0.1, -0.05) is 146 Å². The van der Waals surface area contributed by atoms with Gasteiger partial charge in [-0.15, -0.1) is 0 Å². The molecule has 0 saturated carbocycles. The number of benzene rings is 8. The maximum atomic E-state index is 4.06. The van der Waals surface area contributed by atoms with E-state index in [2.05, 4.69) is 193 Å². The number of hydrogen-bond acceptors (Lipinski definition) is 2. The van der Waals surface area contributed by atoms with Crippen LogP contribution in [0.3, 0.4) is 0 Å². The van der Waals surface area contributed by atoms with Crippen molar-refractivity contribution in [3.8, 4) is 0 Å². The molecule has 0 radical (unpaired) electrons. The van der Waals surface area contributed by atoms with E-state index in [0.717, 1.165) is 22.7 Å². The first-order valence-electron chi connectivity index (χ1n) is 16.3. The van der Waals surface area contributed by atoms with Gasteiger partial charge in [0.05, 0.1) is 0 Å². The monoisotopic (exact) mass is 650 g/mol. The van der Waals surface area contributed by atoms with E-state index < -0.39 is 15.8 Å². The molecular formula is C44H32N2P2. The molecule has 0 unspecified atom stereocenters. The van der Waals surface area contributed by atoms with Gasteiger partial charge in [-0.3, -0.25) is 0 Å². The lowest BCUT2D eigenvalue weighted by atomic mass is 10.1. The Balaban J connectivity index is 1.41. The second kappa shape index (κ2) is 12.4. The maximum Gasteiger partial charge on any atom is 0.0475 e. The quantitative estimate of drug-likeness (QED) is 0.182. The molecule has 228 valence electrons. The van der Waals surface area contributed by atoms with Gasteiger partial charge in [-0.05, 0) is 84.4 Å². The third-order valence-electron chi connectivity index (χ3n) is 9.07. The molecule has 0 saturated heterocycles. The first kappa shape index (κ1) is 28.9. The van der Waals surface area contributed by atoms with E-state index >= 15 is 0 Å². The van der Waals surface area contributed by atoms with Crippen molar-refractivity contribution in [1.29, 1.82) is 0 Å². The minimum atomic E-state index is -0.991. The molecule has 8 aromatic rings. The molecule has 1 aliphatic rings. The summed E-state index contributed by atoms with van der Waals surface area (Å²) in [6.45, 7) is 0. The topological polar surface area (TPSA) is 24.1 Å².